The zero-order chi connectivity index (χ0) is 15.4. The minimum Gasteiger partial charge on any atom is -0.506 e. The van der Waals surface area contributed by atoms with Crippen molar-refractivity contribution in [2.24, 2.45) is 0 Å². The lowest BCUT2D eigenvalue weighted by Crippen LogP contribution is -1.96. The van der Waals surface area contributed by atoms with Crippen molar-refractivity contribution < 1.29 is 9.84 Å². The van der Waals surface area contributed by atoms with Crippen molar-refractivity contribution in [3.05, 3.63) is 83.4 Å². The van der Waals surface area contributed by atoms with Gasteiger partial charge in [0.2, 0.25) is 0 Å². The normalized spacial score (nSPS) is 10.4. The maximum Gasteiger partial charge on any atom is 0.134 e. The van der Waals surface area contributed by atoms with Gasteiger partial charge in [0.25, 0.3) is 0 Å². The van der Waals surface area contributed by atoms with Crippen LogP contribution in [-0.2, 0) is 6.61 Å². The predicted octanol–water partition coefficient (Wildman–Crippen LogP) is 5.29. The lowest BCUT2D eigenvalue weighted by atomic mass is 10.0. The van der Waals surface area contributed by atoms with Crippen LogP contribution >= 0.6 is 11.6 Å². The molecule has 3 rings (SSSR count). The number of hydrogen-bond acceptors (Lipinski definition) is 2. The molecule has 3 aromatic rings. The largest absolute Gasteiger partial charge is 0.506 e. The van der Waals surface area contributed by atoms with E-state index in [0.29, 0.717) is 11.6 Å². The second-order valence-electron chi connectivity index (χ2n) is 4.94. The smallest absolute Gasteiger partial charge is 0.134 e. The standard InChI is InChI=1S/C19H15ClO2/c20-17-11-10-15(12-18(17)21)16-8-4-5-9-19(16)22-13-14-6-2-1-3-7-14/h1-12,21H,13H2. The quantitative estimate of drug-likeness (QED) is 0.709. The Bertz CT molecular complexity index is 769. The minimum atomic E-state index is 0.0667. The van der Waals surface area contributed by atoms with Gasteiger partial charge in [0.1, 0.15) is 18.1 Å². The number of halogens is 1. The second kappa shape index (κ2) is 6.54. The average molecular weight is 311 g/mol. The predicted molar refractivity (Wildman–Crippen MR) is 89.3 cm³/mol. The summed E-state index contributed by atoms with van der Waals surface area (Å²) in [5.41, 5.74) is 2.90. The Morgan fingerprint density at radius 3 is 2.36 bits per heavy atom. The van der Waals surface area contributed by atoms with Gasteiger partial charge in [0.05, 0.1) is 5.02 Å². The summed E-state index contributed by atoms with van der Waals surface area (Å²) in [4.78, 5) is 0. The highest BCUT2D eigenvalue weighted by molar-refractivity contribution is 6.32. The third kappa shape index (κ3) is 3.23. The monoisotopic (exact) mass is 310 g/mol. The molecule has 0 heterocycles. The van der Waals surface area contributed by atoms with Crippen LogP contribution in [0.4, 0.5) is 0 Å². The Morgan fingerprint density at radius 2 is 1.59 bits per heavy atom. The lowest BCUT2D eigenvalue weighted by molar-refractivity contribution is 0.307. The maximum atomic E-state index is 9.79. The van der Waals surface area contributed by atoms with Crippen LogP contribution in [0.3, 0.4) is 0 Å². The van der Waals surface area contributed by atoms with Gasteiger partial charge in [-0.3, -0.25) is 0 Å². The fourth-order valence-corrected chi connectivity index (χ4v) is 2.36. The van der Waals surface area contributed by atoms with Gasteiger partial charge < -0.3 is 9.84 Å². The molecule has 3 heteroatoms. The summed E-state index contributed by atoms with van der Waals surface area (Å²) in [6.45, 7) is 0.497. The Kier molecular flexibility index (Phi) is 4.31. The first-order valence-electron chi connectivity index (χ1n) is 6.99. The highest BCUT2D eigenvalue weighted by atomic mass is 35.5. The number of rotatable bonds is 4. The molecule has 0 aliphatic carbocycles. The molecule has 0 bridgehead atoms. The third-order valence-electron chi connectivity index (χ3n) is 3.38. The molecule has 0 fully saturated rings. The van der Waals surface area contributed by atoms with E-state index in [1.807, 2.05) is 60.7 Å². The number of phenols is 1. The molecule has 0 radical (unpaired) electrons. The van der Waals surface area contributed by atoms with Gasteiger partial charge >= 0.3 is 0 Å². The zero-order valence-corrected chi connectivity index (χ0v) is 12.6. The van der Waals surface area contributed by atoms with Gasteiger partial charge in [-0.1, -0.05) is 66.2 Å². The van der Waals surface area contributed by atoms with E-state index >= 15 is 0 Å². The summed E-state index contributed by atoms with van der Waals surface area (Å²) in [5.74, 6) is 0.838. The summed E-state index contributed by atoms with van der Waals surface area (Å²) in [6.07, 6.45) is 0. The number of para-hydroxylation sites is 1. The molecule has 0 aliphatic rings. The van der Waals surface area contributed by atoms with Crippen LogP contribution in [0.5, 0.6) is 11.5 Å². The molecular weight excluding hydrogens is 296 g/mol. The zero-order valence-electron chi connectivity index (χ0n) is 11.9. The molecule has 0 atom stereocenters. The Labute approximate surface area is 134 Å². The fourth-order valence-electron chi connectivity index (χ4n) is 2.25. The number of benzene rings is 3. The van der Waals surface area contributed by atoms with E-state index in [1.54, 1.807) is 12.1 Å². The molecule has 2 nitrogen and oxygen atoms in total. The maximum absolute atomic E-state index is 9.79. The summed E-state index contributed by atoms with van der Waals surface area (Å²) < 4.78 is 5.93. The number of phenolic OH excluding ortho intramolecular Hbond substituents is 1. The van der Waals surface area contributed by atoms with E-state index in [0.717, 1.165) is 22.4 Å². The molecule has 0 unspecified atom stereocenters. The van der Waals surface area contributed by atoms with Crippen LogP contribution in [0, 0.1) is 0 Å². The van der Waals surface area contributed by atoms with Crippen LogP contribution in [0.1, 0.15) is 5.56 Å². The number of hydrogen-bond donors (Lipinski definition) is 1. The van der Waals surface area contributed by atoms with Crippen LogP contribution < -0.4 is 4.74 Å². The molecule has 0 aromatic heterocycles. The van der Waals surface area contributed by atoms with Crippen molar-refractivity contribution in [1.82, 2.24) is 0 Å². The first-order valence-corrected chi connectivity index (χ1v) is 7.36. The number of ether oxygens (including phenoxy) is 1. The summed E-state index contributed by atoms with van der Waals surface area (Å²) in [6, 6.07) is 23.0. The minimum absolute atomic E-state index is 0.0667. The van der Waals surface area contributed by atoms with E-state index < -0.39 is 0 Å². The first kappa shape index (κ1) is 14.5. The summed E-state index contributed by atoms with van der Waals surface area (Å²) >= 11 is 5.87. The van der Waals surface area contributed by atoms with E-state index in [1.165, 1.54) is 0 Å². The molecular formula is C19H15ClO2. The molecule has 0 saturated heterocycles. The van der Waals surface area contributed by atoms with Gasteiger partial charge in [0.15, 0.2) is 0 Å². The second-order valence-corrected chi connectivity index (χ2v) is 5.34. The van der Waals surface area contributed by atoms with Crippen LogP contribution in [0.15, 0.2) is 72.8 Å². The topological polar surface area (TPSA) is 29.5 Å². The molecule has 1 N–H and O–H groups in total. The van der Waals surface area contributed by atoms with Crippen molar-refractivity contribution in [3.8, 4) is 22.6 Å². The molecule has 22 heavy (non-hydrogen) atoms. The fraction of sp³-hybridized carbons (Fsp3) is 0.0526. The summed E-state index contributed by atoms with van der Waals surface area (Å²) in [5, 5.41) is 10.1. The van der Waals surface area contributed by atoms with Crippen molar-refractivity contribution in [3.63, 3.8) is 0 Å². The van der Waals surface area contributed by atoms with Gasteiger partial charge in [-0.05, 0) is 29.3 Å². The lowest BCUT2D eigenvalue weighted by Gasteiger charge is -2.12. The van der Waals surface area contributed by atoms with Gasteiger partial charge in [-0.15, -0.1) is 0 Å². The molecule has 0 spiro atoms. The van der Waals surface area contributed by atoms with Gasteiger partial charge in [-0.2, -0.15) is 0 Å². The SMILES string of the molecule is Oc1cc(-c2ccccc2OCc2ccccc2)ccc1Cl. The highest BCUT2D eigenvalue weighted by Gasteiger charge is 2.08. The molecule has 0 aliphatic heterocycles. The Morgan fingerprint density at radius 1 is 0.864 bits per heavy atom. The van der Waals surface area contributed by atoms with Gasteiger partial charge in [-0.25, -0.2) is 0 Å². The van der Waals surface area contributed by atoms with Crippen LogP contribution in [-0.4, -0.2) is 5.11 Å². The van der Waals surface area contributed by atoms with E-state index in [4.69, 9.17) is 16.3 Å². The molecule has 110 valence electrons. The van der Waals surface area contributed by atoms with E-state index in [9.17, 15) is 5.11 Å². The average Bonchev–Trinajstić information content (AvgIpc) is 2.57. The van der Waals surface area contributed by atoms with Crippen molar-refractivity contribution >= 4 is 11.6 Å². The first-order chi connectivity index (χ1) is 10.7. The highest BCUT2D eigenvalue weighted by Crippen LogP contribution is 2.34. The van der Waals surface area contributed by atoms with E-state index in [2.05, 4.69) is 0 Å². The number of aromatic hydroxyl groups is 1. The third-order valence-corrected chi connectivity index (χ3v) is 3.70. The van der Waals surface area contributed by atoms with Crippen molar-refractivity contribution in [2.75, 3.05) is 0 Å². The Hall–Kier alpha value is -2.45. The Balaban J connectivity index is 1.88. The van der Waals surface area contributed by atoms with Crippen molar-refractivity contribution in [2.45, 2.75) is 6.61 Å². The van der Waals surface area contributed by atoms with Gasteiger partial charge in [0, 0.05) is 5.56 Å². The summed E-state index contributed by atoms with van der Waals surface area (Å²) in [7, 11) is 0. The molecule has 0 amide bonds. The van der Waals surface area contributed by atoms with Crippen molar-refractivity contribution in [1.29, 1.82) is 0 Å². The van der Waals surface area contributed by atoms with Crippen LogP contribution in [0.25, 0.3) is 11.1 Å². The van der Waals surface area contributed by atoms with E-state index in [-0.39, 0.29) is 5.75 Å². The molecule has 0 saturated carbocycles. The molecule has 3 aromatic carbocycles. The van der Waals surface area contributed by atoms with Crippen LogP contribution in [0.2, 0.25) is 5.02 Å².